The molecule has 2 rings (SSSR count). The molecule has 0 atom stereocenters. The smallest absolute Gasteiger partial charge is 0.227 e. The number of amides is 1. The highest BCUT2D eigenvalue weighted by molar-refractivity contribution is 6.49. The van der Waals surface area contributed by atoms with Gasteiger partial charge in [0.15, 0.2) is 0 Å². The van der Waals surface area contributed by atoms with Gasteiger partial charge in [0.1, 0.15) is 0 Å². The predicted molar refractivity (Wildman–Crippen MR) is 112 cm³/mol. The van der Waals surface area contributed by atoms with Crippen LogP contribution in [-0.4, -0.2) is 23.9 Å². The molecule has 27 heavy (non-hydrogen) atoms. The van der Waals surface area contributed by atoms with Gasteiger partial charge in [-0.3, -0.25) is 9.59 Å². The van der Waals surface area contributed by atoms with Crippen LogP contribution in [0.1, 0.15) is 39.7 Å². The van der Waals surface area contributed by atoms with Gasteiger partial charge >= 0.3 is 0 Å². The molecule has 0 bridgehead atoms. The largest absolute Gasteiger partial charge is 0.385 e. The van der Waals surface area contributed by atoms with Crippen LogP contribution in [0.2, 0.25) is 0 Å². The fraction of sp³-hybridized carbons (Fsp3) is 0.381. The van der Waals surface area contributed by atoms with E-state index in [4.69, 9.17) is 16.6 Å². The molecule has 1 aliphatic rings. The van der Waals surface area contributed by atoms with Crippen LogP contribution in [0.3, 0.4) is 0 Å². The van der Waals surface area contributed by atoms with Crippen molar-refractivity contribution < 1.29 is 9.59 Å². The van der Waals surface area contributed by atoms with Gasteiger partial charge in [-0.25, -0.2) is 4.99 Å². The molecule has 1 aromatic rings. The Bertz CT molecular complexity index is 851. The molecule has 144 valence electrons. The maximum absolute atomic E-state index is 12.5. The number of nitrogens with one attached hydrogen (secondary N) is 2. The molecule has 6 heteroatoms. The zero-order valence-electron chi connectivity index (χ0n) is 16.4. The molecule has 0 aromatic heterocycles. The average molecular weight is 388 g/mol. The summed E-state index contributed by atoms with van der Waals surface area (Å²) < 4.78 is 0. The van der Waals surface area contributed by atoms with Gasteiger partial charge in [0.05, 0.1) is 22.1 Å². The van der Waals surface area contributed by atoms with Crippen LogP contribution in [0, 0.1) is 12.8 Å². The topological polar surface area (TPSA) is 70.6 Å². The highest BCUT2D eigenvalue weighted by Crippen LogP contribution is 2.29. The summed E-state index contributed by atoms with van der Waals surface area (Å²) in [6.45, 7) is 10.3. The maximum atomic E-state index is 12.5. The lowest BCUT2D eigenvalue weighted by Gasteiger charge is -2.19. The van der Waals surface area contributed by atoms with Crippen molar-refractivity contribution in [2.75, 3.05) is 11.9 Å². The fourth-order valence-electron chi connectivity index (χ4n) is 2.69. The van der Waals surface area contributed by atoms with Crippen molar-refractivity contribution in [3.63, 3.8) is 0 Å². The third kappa shape index (κ3) is 4.86. The third-order valence-corrected chi connectivity index (χ3v) is 4.65. The minimum absolute atomic E-state index is 0.111. The first-order valence-electron chi connectivity index (χ1n) is 9.17. The second-order valence-electron chi connectivity index (χ2n) is 6.71. The van der Waals surface area contributed by atoms with Crippen molar-refractivity contribution in [3.8, 4) is 0 Å². The Labute approximate surface area is 165 Å². The van der Waals surface area contributed by atoms with Gasteiger partial charge in [0.25, 0.3) is 0 Å². The molecule has 5 nitrogen and oxygen atoms in total. The molecular formula is C21H26ClN3O2. The van der Waals surface area contributed by atoms with Crippen LogP contribution in [-0.2, 0) is 9.59 Å². The maximum Gasteiger partial charge on any atom is 0.227 e. The molecule has 1 aliphatic carbocycles. The third-order valence-electron chi connectivity index (χ3n) is 4.25. The minimum Gasteiger partial charge on any atom is -0.385 e. The molecule has 0 aliphatic heterocycles. The second-order valence-corrected chi connectivity index (χ2v) is 7.08. The van der Waals surface area contributed by atoms with Crippen molar-refractivity contribution in [3.05, 3.63) is 46.1 Å². The number of aryl methyl sites for hydroxylation is 1. The van der Waals surface area contributed by atoms with Gasteiger partial charge in [-0.2, -0.15) is 0 Å². The molecule has 0 heterocycles. The Morgan fingerprint density at radius 1 is 1.26 bits per heavy atom. The van der Waals surface area contributed by atoms with E-state index in [1.165, 1.54) is 0 Å². The van der Waals surface area contributed by atoms with E-state index in [2.05, 4.69) is 10.6 Å². The Kier molecular flexibility index (Phi) is 6.97. The number of aliphatic imine (C=N–C) groups is 1. The summed E-state index contributed by atoms with van der Waals surface area (Å²) in [7, 11) is 0. The minimum atomic E-state index is -0.374. The van der Waals surface area contributed by atoms with Gasteiger partial charge in [0.2, 0.25) is 11.7 Å². The van der Waals surface area contributed by atoms with E-state index in [9.17, 15) is 9.59 Å². The van der Waals surface area contributed by atoms with E-state index < -0.39 is 0 Å². The first-order chi connectivity index (χ1) is 12.8. The zero-order chi connectivity index (χ0) is 20.1. The van der Waals surface area contributed by atoms with Crippen LogP contribution in [0.15, 0.2) is 45.6 Å². The average Bonchev–Trinajstić information content (AvgIpc) is 2.62. The van der Waals surface area contributed by atoms with Crippen LogP contribution in [0.4, 0.5) is 11.4 Å². The molecule has 0 saturated heterocycles. The van der Waals surface area contributed by atoms with E-state index in [-0.39, 0.29) is 28.3 Å². The summed E-state index contributed by atoms with van der Waals surface area (Å²) in [5, 5.41) is 6.04. The number of allylic oxidation sites excluding steroid dienone is 3. The number of rotatable bonds is 6. The number of halogens is 1. The summed E-state index contributed by atoms with van der Waals surface area (Å²) >= 11 is 6.31. The van der Waals surface area contributed by atoms with Crippen LogP contribution in [0.5, 0.6) is 0 Å². The van der Waals surface area contributed by atoms with Crippen LogP contribution >= 0.6 is 11.6 Å². The van der Waals surface area contributed by atoms with E-state index in [1.54, 1.807) is 19.9 Å². The standard InChI is InChI=1S/C21H26ClN3O2/c1-6-15-17(24-16-9-8-14(23-7-2)10-13(16)5)11-18(20(26)19(15)22)25-21(27)12(3)4/h8-12,23H,6-7H2,1-5H3,(H,25,27). The predicted octanol–water partition coefficient (Wildman–Crippen LogP) is 4.64. The number of hydrogen-bond donors (Lipinski definition) is 2. The SMILES string of the molecule is CCNc1ccc(N=C2C=C(NC(=O)C(C)C)C(=O)C(Cl)=C2CC)c(C)c1. The summed E-state index contributed by atoms with van der Waals surface area (Å²) in [6.07, 6.45) is 2.19. The van der Waals surface area contributed by atoms with Crippen molar-refractivity contribution in [1.29, 1.82) is 0 Å². The highest BCUT2D eigenvalue weighted by atomic mass is 35.5. The second kappa shape index (κ2) is 9.00. The molecule has 0 unspecified atom stereocenters. The summed E-state index contributed by atoms with van der Waals surface area (Å²) in [5.74, 6) is -0.847. The van der Waals surface area contributed by atoms with E-state index >= 15 is 0 Å². The van der Waals surface area contributed by atoms with Crippen molar-refractivity contribution in [2.24, 2.45) is 10.9 Å². The van der Waals surface area contributed by atoms with E-state index in [0.717, 1.165) is 23.5 Å². The Morgan fingerprint density at radius 3 is 2.52 bits per heavy atom. The Balaban J connectivity index is 2.47. The number of ketones is 1. The zero-order valence-corrected chi connectivity index (χ0v) is 17.2. The van der Waals surface area contributed by atoms with Crippen LogP contribution < -0.4 is 10.6 Å². The fourth-order valence-corrected chi connectivity index (χ4v) is 3.02. The monoisotopic (exact) mass is 387 g/mol. The molecule has 1 aromatic carbocycles. The quantitative estimate of drug-likeness (QED) is 0.698. The van der Waals surface area contributed by atoms with Crippen molar-refractivity contribution >= 4 is 40.4 Å². The molecule has 1 amide bonds. The Morgan fingerprint density at radius 2 is 1.96 bits per heavy atom. The molecule has 0 saturated carbocycles. The lowest BCUT2D eigenvalue weighted by Crippen LogP contribution is -2.33. The van der Waals surface area contributed by atoms with Gasteiger partial charge in [-0.1, -0.05) is 32.4 Å². The van der Waals surface area contributed by atoms with Gasteiger partial charge < -0.3 is 10.6 Å². The number of Topliss-reactive ketones (excluding diaryl/α,β-unsaturated/α-hetero) is 1. The molecule has 2 N–H and O–H groups in total. The molecule has 0 fully saturated rings. The Hall–Kier alpha value is -2.40. The van der Waals surface area contributed by atoms with E-state index in [0.29, 0.717) is 17.7 Å². The summed E-state index contributed by atoms with van der Waals surface area (Å²) in [6, 6.07) is 5.92. The number of carbonyl (C=O) groups is 2. The first kappa shape index (κ1) is 20.9. The number of benzene rings is 1. The van der Waals surface area contributed by atoms with Crippen molar-refractivity contribution in [1.82, 2.24) is 5.32 Å². The summed E-state index contributed by atoms with van der Waals surface area (Å²) in [5.41, 5.74) is 4.27. The van der Waals surface area contributed by atoms with Gasteiger partial charge in [-0.05, 0) is 50.1 Å². The highest BCUT2D eigenvalue weighted by Gasteiger charge is 2.27. The summed E-state index contributed by atoms with van der Waals surface area (Å²) in [4.78, 5) is 29.2. The van der Waals surface area contributed by atoms with Crippen LogP contribution in [0.25, 0.3) is 0 Å². The number of nitrogens with zero attached hydrogens (tertiary/aromatic N) is 1. The number of anilines is 1. The van der Waals surface area contributed by atoms with Gasteiger partial charge in [-0.15, -0.1) is 0 Å². The molecule has 0 radical (unpaired) electrons. The first-order valence-corrected chi connectivity index (χ1v) is 9.55. The lowest BCUT2D eigenvalue weighted by atomic mass is 9.97. The molecular weight excluding hydrogens is 362 g/mol. The van der Waals surface area contributed by atoms with E-state index in [1.807, 2.05) is 39.0 Å². The lowest BCUT2D eigenvalue weighted by molar-refractivity contribution is -0.124. The van der Waals surface area contributed by atoms with Crippen molar-refractivity contribution in [2.45, 2.75) is 41.0 Å². The molecule has 0 spiro atoms. The number of hydrogen-bond acceptors (Lipinski definition) is 4. The normalized spacial score (nSPS) is 16.0. The van der Waals surface area contributed by atoms with Gasteiger partial charge in [0, 0.05) is 23.7 Å². The number of carbonyl (C=O) groups excluding carboxylic acids is 2.